The van der Waals surface area contributed by atoms with Gasteiger partial charge in [-0.2, -0.15) is 0 Å². The number of amides is 1. The van der Waals surface area contributed by atoms with E-state index in [1.54, 1.807) is 34.1 Å². The number of esters is 1. The normalized spacial score (nSPS) is 10.9. The molecule has 0 aliphatic carbocycles. The number of halogens is 1. The lowest BCUT2D eigenvalue weighted by Crippen LogP contribution is -2.21. The van der Waals surface area contributed by atoms with E-state index in [2.05, 4.69) is 5.32 Å². The average Bonchev–Trinajstić information content (AvgIpc) is 3.07. The van der Waals surface area contributed by atoms with Gasteiger partial charge in [0.25, 0.3) is 0 Å². The van der Waals surface area contributed by atoms with Crippen molar-refractivity contribution in [2.45, 2.75) is 20.4 Å². The minimum Gasteiger partial charge on any atom is -0.464 e. The molecular formula is C18H17ClN2O3S. The Balaban J connectivity index is 1.90. The number of anilines is 1. The Morgan fingerprint density at radius 3 is 2.68 bits per heavy atom. The van der Waals surface area contributed by atoms with Gasteiger partial charge in [-0.15, -0.1) is 11.3 Å². The minimum absolute atomic E-state index is 0.00564. The quantitative estimate of drug-likeness (QED) is 0.686. The number of carbonyl (C=O) groups excluding carboxylic acids is 2. The standard InChI is InChI=1S/C18H17ClN2O3S/c1-10-4-5-13(12(19)6-10)20-17(22)9-21-14-7-11(2)25-16(14)8-15(21)18(23)24-3/h4-8H,9H2,1-3H3,(H,20,22). The lowest BCUT2D eigenvalue weighted by molar-refractivity contribution is -0.116. The summed E-state index contributed by atoms with van der Waals surface area (Å²) in [5, 5.41) is 3.27. The first-order valence-electron chi connectivity index (χ1n) is 7.63. The molecule has 130 valence electrons. The molecule has 0 unspecified atom stereocenters. The molecule has 7 heteroatoms. The summed E-state index contributed by atoms with van der Waals surface area (Å²) in [5.74, 6) is -0.737. The number of rotatable bonds is 4. The van der Waals surface area contributed by atoms with Crippen LogP contribution >= 0.6 is 22.9 Å². The molecule has 25 heavy (non-hydrogen) atoms. The van der Waals surface area contributed by atoms with Crippen molar-refractivity contribution in [3.05, 3.63) is 51.5 Å². The second-order valence-electron chi connectivity index (χ2n) is 5.75. The van der Waals surface area contributed by atoms with E-state index in [9.17, 15) is 9.59 Å². The van der Waals surface area contributed by atoms with Crippen molar-refractivity contribution >= 4 is 50.7 Å². The molecule has 3 aromatic rings. The molecule has 0 aliphatic rings. The molecule has 0 spiro atoms. The first-order chi connectivity index (χ1) is 11.9. The van der Waals surface area contributed by atoms with Gasteiger partial charge in [0, 0.05) is 4.88 Å². The molecular weight excluding hydrogens is 360 g/mol. The zero-order chi connectivity index (χ0) is 18.1. The monoisotopic (exact) mass is 376 g/mol. The third-order valence-corrected chi connectivity index (χ3v) is 5.11. The van der Waals surface area contributed by atoms with E-state index in [4.69, 9.17) is 16.3 Å². The van der Waals surface area contributed by atoms with Gasteiger partial charge in [0.05, 0.1) is 28.0 Å². The molecule has 2 heterocycles. The Kier molecular flexibility index (Phi) is 4.83. The first-order valence-corrected chi connectivity index (χ1v) is 8.82. The molecule has 1 amide bonds. The third-order valence-electron chi connectivity index (χ3n) is 3.81. The van der Waals surface area contributed by atoms with Gasteiger partial charge < -0.3 is 14.6 Å². The number of hydrogen-bond acceptors (Lipinski definition) is 4. The van der Waals surface area contributed by atoms with Gasteiger partial charge in [-0.3, -0.25) is 4.79 Å². The maximum Gasteiger partial charge on any atom is 0.354 e. The first kappa shape index (κ1) is 17.5. The minimum atomic E-state index is -0.470. The number of fused-ring (bicyclic) bond motifs is 1. The van der Waals surface area contributed by atoms with E-state index in [-0.39, 0.29) is 12.5 Å². The van der Waals surface area contributed by atoms with Gasteiger partial charge >= 0.3 is 5.97 Å². The summed E-state index contributed by atoms with van der Waals surface area (Å²) < 4.78 is 7.44. The largest absolute Gasteiger partial charge is 0.464 e. The number of methoxy groups -OCH3 is 1. The third kappa shape index (κ3) is 3.55. The highest BCUT2D eigenvalue weighted by Crippen LogP contribution is 2.29. The molecule has 0 saturated carbocycles. The summed E-state index contributed by atoms with van der Waals surface area (Å²) in [5.41, 5.74) is 2.75. The Hall–Kier alpha value is -2.31. The van der Waals surface area contributed by atoms with E-state index in [0.29, 0.717) is 16.4 Å². The molecule has 0 saturated heterocycles. The molecule has 5 nitrogen and oxygen atoms in total. The zero-order valence-corrected chi connectivity index (χ0v) is 15.6. The highest BCUT2D eigenvalue weighted by molar-refractivity contribution is 7.19. The summed E-state index contributed by atoms with van der Waals surface area (Å²) >= 11 is 7.73. The summed E-state index contributed by atoms with van der Waals surface area (Å²) in [4.78, 5) is 25.6. The van der Waals surface area contributed by atoms with Crippen molar-refractivity contribution in [3.63, 3.8) is 0 Å². The van der Waals surface area contributed by atoms with Crippen LogP contribution in [0.4, 0.5) is 5.69 Å². The van der Waals surface area contributed by atoms with E-state index < -0.39 is 5.97 Å². The van der Waals surface area contributed by atoms with Crippen molar-refractivity contribution in [2.24, 2.45) is 0 Å². The van der Waals surface area contributed by atoms with Gasteiger partial charge in [0.2, 0.25) is 5.91 Å². The molecule has 1 N–H and O–H groups in total. The second kappa shape index (κ2) is 6.90. The van der Waals surface area contributed by atoms with Crippen LogP contribution in [-0.2, 0) is 16.1 Å². The van der Waals surface area contributed by atoms with Crippen LogP contribution in [0.25, 0.3) is 10.2 Å². The fourth-order valence-electron chi connectivity index (χ4n) is 2.66. The molecule has 2 aromatic heterocycles. The van der Waals surface area contributed by atoms with Crippen LogP contribution in [0.15, 0.2) is 30.3 Å². The number of nitrogens with zero attached hydrogens (tertiary/aromatic N) is 1. The predicted octanol–water partition coefficient (Wildman–Crippen LogP) is 4.40. The molecule has 3 rings (SSSR count). The van der Waals surface area contributed by atoms with Crippen molar-refractivity contribution in [2.75, 3.05) is 12.4 Å². The fourth-order valence-corrected chi connectivity index (χ4v) is 3.91. The van der Waals surface area contributed by atoms with Crippen LogP contribution in [-0.4, -0.2) is 23.6 Å². The van der Waals surface area contributed by atoms with Crippen LogP contribution < -0.4 is 5.32 Å². The predicted molar refractivity (Wildman–Crippen MR) is 101 cm³/mol. The Morgan fingerprint density at radius 2 is 2.00 bits per heavy atom. The van der Waals surface area contributed by atoms with Gasteiger partial charge in [-0.25, -0.2) is 4.79 Å². The molecule has 0 atom stereocenters. The molecule has 1 aromatic carbocycles. The lowest BCUT2D eigenvalue weighted by Gasteiger charge is -2.11. The summed E-state index contributed by atoms with van der Waals surface area (Å²) in [6.07, 6.45) is 0. The highest BCUT2D eigenvalue weighted by Gasteiger charge is 2.20. The van der Waals surface area contributed by atoms with Crippen LogP contribution in [0.5, 0.6) is 0 Å². The summed E-state index contributed by atoms with van der Waals surface area (Å²) in [7, 11) is 1.32. The van der Waals surface area contributed by atoms with Crippen LogP contribution in [0.1, 0.15) is 20.9 Å². The summed E-state index contributed by atoms with van der Waals surface area (Å²) in [6, 6.07) is 9.13. The van der Waals surface area contributed by atoms with Crippen molar-refractivity contribution in [1.29, 1.82) is 0 Å². The number of ether oxygens (including phenoxy) is 1. The Morgan fingerprint density at radius 1 is 1.24 bits per heavy atom. The van der Waals surface area contributed by atoms with E-state index in [1.165, 1.54) is 7.11 Å². The van der Waals surface area contributed by atoms with Gasteiger partial charge in [-0.05, 0) is 43.7 Å². The second-order valence-corrected chi connectivity index (χ2v) is 7.44. The lowest BCUT2D eigenvalue weighted by atomic mass is 10.2. The number of hydrogen-bond donors (Lipinski definition) is 1. The zero-order valence-electron chi connectivity index (χ0n) is 14.1. The topological polar surface area (TPSA) is 60.3 Å². The molecule has 0 bridgehead atoms. The number of carbonyl (C=O) groups is 2. The number of nitrogens with one attached hydrogen (secondary N) is 1. The molecule has 0 fully saturated rings. The maximum atomic E-state index is 12.5. The van der Waals surface area contributed by atoms with Crippen LogP contribution in [0, 0.1) is 13.8 Å². The van der Waals surface area contributed by atoms with Gasteiger partial charge in [0.15, 0.2) is 0 Å². The average molecular weight is 377 g/mol. The number of thiophene rings is 1. The van der Waals surface area contributed by atoms with E-state index >= 15 is 0 Å². The van der Waals surface area contributed by atoms with E-state index in [0.717, 1.165) is 20.7 Å². The van der Waals surface area contributed by atoms with Crippen molar-refractivity contribution in [1.82, 2.24) is 4.57 Å². The van der Waals surface area contributed by atoms with Crippen LogP contribution in [0.2, 0.25) is 5.02 Å². The van der Waals surface area contributed by atoms with Gasteiger partial charge in [-0.1, -0.05) is 17.7 Å². The van der Waals surface area contributed by atoms with Crippen molar-refractivity contribution in [3.8, 4) is 0 Å². The number of aryl methyl sites for hydroxylation is 2. The van der Waals surface area contributed by atoms with Gasteiger partial charge in [0.1, 0.15) is 12.2 Å². The SMILES string of the molecule is COC(=O)c1cc2sc(C)cc2n1CC(=O)Nc1ccc(C)cc1Cl. The Labute approximate surface area is 154 Å². The smallest absolute Gasteiger partial charge is 0.354 e. The maximum absolute atomic E-state index is 12.5. The summed E-state index contributed by atoms with van der Waals surface area (Å²) in [6.45, 7) is 3.91. The highest BCUT2D eigenvalue weighted by atomic mass is 35.5. The van der Waals surface area contributed by atoms with Crippen LogP contribution in [0.3, 0.4) is 0 Å². The van der Waals surface area contributed by atoms with E-state index in [1.807, 2.05) is 26.0 Å². The molecule has 0 aliphatic heterocycles. The Bertz CT molecular complexity index is 974. The van der Waals surface area contributed by atoms with Crippen molar-refractivity contribution < 1.29 is 14.3 Å². The number of aromatic nitrogens is 1. The molecule has 0 radical (unpaired) electrons. The fraction of sp³-hybridized carbons (Fsp3) is 0.222. The number of benzene rings is 1.